The van der Waals surface area contributed by atoms with Gasteiger partial charge in [0.2, 0.25) is 0 Å². The molecule has 2 fully saturated rings. The van der Waals surface area contributed by atoms with Crippen LogP contribution < -0.4 is 0 Å². The van der Waals surface area contributed by atoms with Gasteiger partial charge in [0.1, 0.15) is 5.75 Å². The van der Waals surface area contributed by atoms with E-state index in [0.717, 1.165) is 45.6 Å². The van der Waals surface area contributed by atoms with Gasteiger partial charge in [-0.1, -0.05) is 0 Å². The van der Waals surface area contributed by atoms with Crippen molar-refractivity contribution in [2.24, 2.45) is 0 Å². The van der Waals surface area contributed by atoms with E-state index in [1.165, 1.54) is 12.3 Å². The number of rotatable bonds is 4. The van der Waals surface area contributed by atoms with Crippen LogP contribution in [-0.4, -0.2) is 94.3 Å². The molecule has 0 atom stereocenters. The van der Waals surface area contributed by atoms with Crippen LogP contribution in [0.4, 0.5) is 0 Å². The van der Waals surface area contributed by atoms with Gasteiger partial charge < -0.3 is 15.1 Å². The fourth-order valence-electron chi connectivity index (χ4n) is 3.64. The third-order valence-corrected chi connectivity index (χ3v) is 5.08. The Morgan fingerprint density at radius 2 is 1.88 bits per heavy atom. The molecule has 0 aromatic carbocycles. The summed E-state index contributed by atoms with van der Waals surface area (Å²) in [6.07, 6.45) is 3.45. The van der Waals surface area contributed by atoms with Crippen LogP contribution in [0.15, 0.2) is 18.3 Å². The molecule has 0 radical (unpaired) electrons. The second-order valence-electron chi connectivity index (χ2n) is 6.50. The van der Waals surface area contributed by atoms with Crippen LogP contribution in [0.5, 0.6) is 5.75 Å². The van der Waals surface area contributed by atoms with Crippen LogP contribution in [0.2, 0.25) is 0 Å². The van der Waals surface area contributed by atoms with Crippen LogP contribution in [0.3, 0.4) is 0 Å². The molecule has 2 N–H and O–H groups in total. The molecule has 24 heavy (non-hydrogen) atoms. The zero-order valence-corrected chi connectivity index (χ0v) is 14.0. The zero-order chi connectivity index (χ0) is 16.9. The van der Waals surface area contributed by atoms with E-state index in [1.807, 2.05) is 0 Å². The minimum Gasteiger partial charge on any atom is -0.505 e. The van der Waals surface area contributed by atoms with Crippen molar-refractivity contribution in [3.63, 3.8) is 0 Å². The second kappa shape index (κ2) is 7.92. The molecule has 0 aliphatic carbocycles. The number of amides is 1. The standard InChI is InChI=1S/C17H26N4O3/c22-13-12-19-8-10-20(11-9-19)14-3-6-21(7-4-14)17(24)16-15(23)2-1-5-18-16/h1-2,5,14,22-23H,3-4,6-13H2. The summed E-state index contributed by atoms with van der Waals surface area (Å²) < 4.78 is 0. The van der Waals surface area contributed by atoms with E-state index in [2.05, 4.69) is 14.8 Å². The minimum absolute atomic E-state index is 0.0513. The first-order valence-corrected chi connectivity index (χ1v) is 8.69. The van der Waals surface area contributed by atoms with Crippen molar-refractivity contribution in [1.29, 1.82) is 0 Å². The van der Waals surface area contributed by atoms with Gasteiger partial charge in [0, 0.05) is 58.1 Å². The highest BCUT2D eigenvalue weighted by atomic mass is 16.3. The van der Waals surface area contributed by atoms with Crippen LogP contribution in [0, 0.1) is 0 Å². The molecular weight excluding hydrogens is 308 g/mol. The maximum atomic E-state index is 12.5. The number of pyridine rings is 1. The minimum atomic E-state index is -0.181. The van der Waals surface area contributed by atoms with Gasteiger partial charge in [0.25, 0.3) is 5.91 Å². The Morgan fingerprint density at radius 1 is 1.17 bits per heavy atom. The van der Waals surface area contributed by atoms with Crippen molar-refractivity contribution in [1.82, 2.24) is 19.7 Å². The number of carbonyl (C=O) groups is 1. The quantitative estimate of drug-likeness (QED) is 0.807. The number of carbonyl (C=O) groups excluding carboxylic acids is 1. The summed E-state index contributed by atoms with van der Waals surface area (Å²) in [6.45, 7) is 6.45. The summed E-state index contributed by atoms with van der Waals surface area (Å²) in [7, 11) is 0. The van der Waals surface area contributed by atoms with E-state index in [-0.39, 0.29) is 24.0 Å². The largest absolute Gasteiger partial charge is 0.505 e. The van der Waals surface area contributed by atoms with Crippen molar-refractivity contribution >= 4 is 5.91 Å². The third kappa shape index (κ3) is 3.85. The molecule has 1 aromatic heterocycles. The summed E-state index contributed by atoms with van der Waals surface area (Å²) in [6, 6.07) is 3.64. The number of hydrogen-bond acceptors (Lipinski definition) is 6. The van der Waals surface area contributed by atoms with Gasteiger partial charge in [0.05, 0.1) is 6.61 Å². The molecule has 0 bridgehead atoms. The van der Waals surface area contributed by atoms with Gasteiger partial charge in [-0.25, -0.2) is 4.98 Å². The lowest BCUT2D eigenvalue weighted by Gasteiger charge is -2.42. The average molecular weight is 334 g/mol. The summed E-state index contributed by atoms with van der Waals surface area (Å²) in [5, 5.41) is 18.8. The Hall–Kier alpha value is -1.70. The Bertz CT molecular complexity index is 553. The van der Waals surface area contributed by atoms with E-state index in [0.29, 0.717) is 19.1 Å². The average Bonchev–Trinajstić information content (AvgIpc) is 2.63. The van der Waals surface area contributed by atoms with Crippen molar-refractivity contribution < 1.29 is 15.0 Å². The number of aliphatic hydroxyl groups excluding tert-OH is 1. The first-order chi connectivity index (χ1) is 11.7. The summed E-state index contributed by atoms with van der Waals surface area (Å²) in [4.78, 5) is 23.1. The number of hydrogen-bond donors (Lipinski definition) is 2. The normalized spacial score (nSPS) is 21.1. The molecule has 7 nitrogen and oxygen atoms in total. The molecular formula is C17H26N4O3. The number of aliphatic hydroxyl groups is 1. The Kier molecular flexibility index (Phi) is 5.65. The van der Waals surface area contributed by atoms with Crippen molar-refractivity contribution in [3.05, 3.63) is 24.0 Å². The fraction of sp³-hybridized carbons (Fsp3) is 0.647. The van der Waals surface area contributed by atoms with E-state index in [9.17, 15) is 9.90 Å². The van der Waals surface area contributed by atoms with Crippen LogP contribution in [0.1, 0.15) is 23.3 Å². The number of aromatic nitrogens is 1. The van der Waals surface area contributed by atoms with Gasteiger partial charge in [-0.15, -0.1) is 0 Å². The highest BCUT2D eigenvalue weighted by Gasteiger charge is 2.30. The van der Waals surface area contributed by atoms with Gasteiger partial charge in [0.15, 0.2) is 5.69 Å². The number of piperidine rings is 1. The number of nitrogens with zero attached hydrogens (tertiary/aromatic N) is 4. The van der Waals surface area contributed by atoms with Gasteiger partial charge in [-0.05, 0) is 25.0 Å². The molecule has 3 rings (SSSR count). The van der Waals surface area contributed by atoms with Crippen LogP contribution >= 0.6 is 0 Å². The number of likely N-dealkylation sites (tertiary alicyclic amines) is 1. The number of aromatic hydroxyl groups is 1. The maximum Gasteiger partial charge on any atom is 0.276 e. The van der Waals surface area contributed by atoms with Crippen molar-refractivity contribution in [2.75, 3.05) is 52.4 Å². The van der Waals surface area contributed by atoms with Crippen LogP contribution in [0.25, 0.3) is 0 Å². The second-order valence-corrected chi connectivity index (χ2v) is 6.50. The fourth-order valence-corrected chi connectivity index (χ4v) is 3.64. The molecule has 0 spiro atoms. The lowest BCUT2D eigenvalue weighted by Crippen LogP contribution is -2.54. The lowest BCUT2D eigenvalue weighted by molar-refractivity contribution is 0.0447. The third-order valence-electron chi connectivity index (χ3n) is 5.08. The van der Waals surface area contributed by atoms with E-state index in [1.54, 1.807) is 11.0 Å². The molecule has 2 saturated heterocycles. The SMILES string of the molecule is O=C(c1ncccc1O)N1CCC(N2CCN(CCO)CC2)CC1. The van der Waals surface area contributed by atoms with Crippen LogP contribution in [-0.2, 0) is 0 Å². The molecule has 1 amide bonds. The molecule has 2 aliphatic rings. The summed E-state index contributed by atoms with van der Waals surface area (Å²) in [5.74, 6) is -0.232. The molecule has 3 heterocycles. The monoisotopic (exact) mass is 334 g/mol. The molecule has 2 aliphatic heterocycles. The highest BCUT2D eigenvalue weighted by Crippen LogP contribution is 2.21. The summed E-state index contributed by atoms with van der Waals surface area (Å²) in [5.41, 5.74) is 0.147. The van der Waals surface area contributed by atoms with Crippen molar-refractivity contribution in [3.8, 4) is 5.75 Å². The first kappa shape index (κ1) is 17.1. The summed E-state index contributed by atoms with van der Waals surface area (Å²) >= 11 is 0. The van der Waals surface area contributed by atoms with Crippen molar-refractivity contribution in [2.45, 2.75) is 18.9 Å². The lowest BCUT2D eigenvalue weighted by atomic mass is 10.0. The smallest absolute Gasteiger partial charge is 0.276 e. The van der Waals surface area contributed by atoms with E-state index >= 15 is 0 Å². The Labute approximate surface area is 142 Å². The van der Waals surface area contributed by atoms with E-state index < -0.39 is 0 Å². The molecule has 1 aromatic rings. The van der Waals surface area contributed by atoms with Gasteiger partial charge in [-0.3, -0.25) is 14.6 Å². The molecule has 7 heteroatoms. The molecule has 132 valence electrons. The predicted octanol–water partition coefficient (Wildman–Crippen LogP) is 0.00170. The Morgan fingerprint density at radius 3 is 2.50 bits per heavy atom. The maximum absolute atomic E-state index is 12.5. The Balaban J connectivity index is 1.49. The van der Waals surface area contributed by atoms with E-state index in [4.69, 9.17) is 5.11 Å². The van der Waals surface area contributed by atoms with Gasteiger partial charge >= 0.3 is 0 Å². The topological polar surface area (TPSA) is 80.1 Å². The number of β-amino-alcohol motifs (C(OH)–C–C–N with tert-alkyl or cyclic N) is 1. The highest BCUT2D eigenvalue weighted by molar-refractivity contribution is 5.94. The predicted molar refractivity (Wildman–Crippen MR) is 89.9 cm³/mol. The molecule has 0 unspecified atom stereocenters. The molecule has 0 saturated carbocycles. The van der Waals surface area contributed by atoms with Gasteiger partial charge in [-0.2, -0.15) is 0 Å². The zero-order valence-electron chi connectivity index (χ0n) is 14.0. The number of piperazine rings is 1. The first-order valence-electron chi connectivity index (χ1n) is 8.69.